The summed E-state index contributed by atoms with van der Waals surface area (Å²) < 4.78 is 22.6. The van der Waals surface area contributed by atoms with E-state index in [1.807, 2.05) is 0 Å². The Kier molecular flexibility index (Phi) is 4.81. The molecule has 2 rings (SSSR count). The number of sulfone groups is 1. The number of rotatable bonds is 2. The molecule has 0 aliphatic carbocycles. The molecule has 2 heterocycles. The Morgan fingerprint density at radius 3 is 2.80 bits per heavy atom. The number of hydrogen-bond donors (Lipinski definition) is 2. The van der Waals surface area contributed by atoms with Crippen molar-refractivity contribution in [2.45, 2.75) is 18.9 Å². The molecule has 1 aliphatic rings. The fourth-order valence-electron chi connectivity index (χ4n) is 1.95. The Morgan fingerprint density at radius 2 is 2.15 bits per heavy atom. The molecule has 1 aromatic heterocycles. The van der Waals surface area contributed by atoms with E-state index < -0.39 is 9.84 Å². The van der Waals surface area contributed by atoms with Gasteiger partial charge in [0.1, 0.15) is 16.4 Å². The van der Waals surface area contributed by atoms with Gasteiger partial charge in [-0.25, -0.2) is 8.42 Å². The van der Waals surface area contributed by atoms with Gasteiger partial charge in [-0.15, -0.1) is 11.3 Å². The highest BCUT2D eigenvalue weighted by molar-refractivity contribution is 7.91. The van der Waals surface area contributed by atoms with Crippen LogP contribution in [0, 0.1) is 11.8 Å². The van der Waals surface area contributed by atoms with Gasteiger partial charge in [0.15, 0.2) is 0 Å². The van der Waals surface area contributed by atoms with Crippen LogP contribution in [-0.2, 0) is 9.84 Å². The van der Waals surface area contributed by atoms with Crippen LogP contribution in [0.15, 0.2) is 11.4 Å². The normalized spacial score (nSPS) is 18.1. The minimum atomic E-state index is -2.91. The van der Waals surface area contributed by atoms with Gasteiger partial charge in [0, 0.05) is 11.4 Å². The molecular weight excluding hydrogens is 298 g/mol. The van der Waals surface area contributed by atoms with E-state index in [0.717, 1.165) is 4.88 Å². The first-order valence-electron chi connectivity index (χ1n) is 6.20. The third kappa shape index (κ3) is 4.07. The fourth-order valence-corrected chi connectivity index (χ4v) is 4.20. The van der Waals surface area contributed by atoms with Crippen LogP contribution >= 0.6 is 11.3 Å². The highest BCUT2D eigenvalue weighted by atomic mass is 32.2. The molecule has 5 nitrogen and oxygen atoms in total. The molecule has 0 radical (unpaired) electrons. The number of amides is 1. The zero-order valence-corrected chi connectivity index (χ0v) is 12.4. The van der Waals surface area contributed by atoms with Crippen LogP contribution in [0.3, 0.4) is 0 Å². The Morgan fingerprint density at radius 1 is 1.45 bits per heavy atom. The van der Waals surface area contributed by atoms with E-state index >= 15 is 0 Å². The minimum Gasteiger partial charge on any atom is -0.384 e. The Hall–Kier alpha value is -1.36. The van der Waals surface area contributed by atoms with Gasteiger partial charge >= 0.3 is 0 Å². The standard InChI is InChI=1S/C13H15NO4S2/c15-5-1-2-12-8-10(9-19-12)13(16)14-11-3-6-20(17,18)7-4-11/h8-9,11,15H,3-7H2,(H,14,16). The van der Waals surface area contributed by atoms with E-state index in [1.54, 1.807) is 11.4 Å². The second-order valence-corrected chi connectivity index (χ2v) is 7.77. The lowest BCUT2D eigenvalue weighted by atomic mass is 10.1. The molecule has 1 saturated heterocycles. The number of aliphatic hydroxyl groups excluding tert-OH is 1. The Balaban J connectivity index is 1.94. The lowest BCUT2D eigenvalue weighted by molar-refractivity contribution is 0.0934. The van der Waals surface area contributed by atoms with Crippen molar-refractivity contribution in [3.05, 3.63) is 21.9 Å². The van der Waals surface area contributed by atoms with Crippen molar-refractivity contribution >= 4 is 27.1 Å². The van der Waals surface area contributed by atoms with Gasteiger partial charge in [-0.2, -0.15) is 0 Å². The summed E-state index contributed by atoms with van der Waals surface area (Å²) in [4.78, 5) is 12.7. The van der Waals surface area contributed by atoms with E-state index in [1.165, 1.54) is 11.3 Å². The largest absolute Gasteiger partial charge is 0.384 e. The number of aliphatic hydroxyl groups is 1. The van der Waals surface area contributed by atoms with Crippen LogP contribution in [-0.4, -0.2) is 43.6 Å². The van der Waals surface area contributed by atoms with E-state index in [9.17, 15) is 13.2 Å². The topological polar surface area (TPSA) is 83.5 Å². The quantitative estimate of drug-likeness (QED) is 0.774. The molecule has 0 saturated carbocycles. The molecule has 1 fully saturated rings. The SMILES string of the molecule is O=C(NC1CCS(=O)(=O)CC1)c1csc(C#CCO)c1. The van der Waals surface area contributed by atoms with Gasteiger partial charge in [0.25, 0.3) is 5.91 Å². The molecule has 1 aromatic rings. The third-order valence-electron chi connectivity index (χ3n) is 3.04. The first kappa shape index (κ1) is 15.0. The summed E-state index contributed by atoms with van der Waals surface area (Å²) in [7, 11) is -2.91. The van der Waals surface area contributed by atoms with Crippen molar-refractivity contribution in [1.82, 2.24) is 5.32 Å². The fraction of sp³-hybridized carbons (Fsp3) is 0.462. The van der Waals surface area contributed by atoms with Crippen LogP contribution in [0.4, 0.5) is 0 Å². The van der Waals surface area contributed by atoms with Crippen molar-refractivity contribution in [3.8, 4) is 11.8 Å². The lowest BCUT2D eigenvalue weighted by Crippen LogP contribution is -2.40. The molecule has 20 heavy (non-hydrogen) atoms. The summed E-state index contributed by atoms with van der Waals surface area (Å²) in [6, 6.07) is 1.58. The van der Waals surface area contributed by atoms with Crippen LogP contribution < -0.4 is 5.32 Å². The minimum absolute atomic E-state index is 0.0853. The van der Waals surface area contributed by atoms with Gasteiger partial charge in [0.2, 0.25) is 0 Å². The van der Waals surface area contributed by atoms with E-state index in [2.05, 4.69) is 17.2 Å². The van der Waals surface area contributed by atoms with Crippen molar-refractivity contribution < 1.29 is 18.3 Å². The zero-order valence-electron chi connectivity index (χ0n) is 10.8. The maximum absolute atomic E-state index is 12.0. The van der Waals surface area contributed by atoms with Crippen molar-refractivity contribution in [1.29, 1.82) is 0 Å². The molecule has 108 valence electrons. The van der Waals surface area contributed by atoms with Gasteiger partial charge in [-0.1, -0.05) is 11.8 Å². The van der Waals surface area contributed by atoms with Crippen molar-refractivity contribution in [2.75, 3.05) is 18.1 Å². The molecule has 0 bridgehead atoms. The average Bonchev–Trinajstić information content (AvgIpc) is 2.88. The Bertz CT molecular complexity index is 637. The van der Waals surface area contributed by atoms with Crippen molar-refractivity contribution in [2.24, 2.45) is 0 Å². The second kappa shape index (κ2) is 6.39. The maximum Gasteiger partial charge on any atom is 0.252 e. The molecular formula is C13H15NO4S2. The lowest BCUT2D eigenvalue weighted by Gasteiger charge is -2.22. The van der Waals surface area contributed by atoms with E-state index in [-0.39, 0.29) is 30.1 Å². The van der Waals surface area contributed by atoms with Gasteiger partial charge in [-0.05, 0) is 18.9 Å². The molecule has 1 aliphatic heterocycles. The number of thiophene rings is 1. The highest BCUT2D eigenvalue weighted by Crippen LogP contribution is 2.16. The smallest absolute Gasteiger partial charge is 0.252 e. The molecule has 0 atom stereocenters. The molecule has 2 N–H and O–H groups in total. The summed E-state index contributed by atoms with van der Waals surface area (Å²) in [5.74, 6) is 5.33. The number of carbonyl (C=O) groups is 1. The summed E-state index contributed by atoms with van der Waals surface area (Å²) in [5, 5.41) is 13.2. The second-order valence-electron chi connectivity index (χ2n) is 4.56. The van der Waals surface area contributed by atoms with E-state index in [0.29, 0.717) is 18.4 Å². The zero-order chi connectivity index (χ0) is 14.6. The first-order chi connectivity index (χ1) is 9.50. The number of carbonyl (C=O) groups excluding carboxylic acids is 1. The number of hydrogen-bond acceptors (Lipinski definition) is 5. The van der Waals surface area contributed by atoms with Gasteiger partial charge < -0.3 is 10.4 Å². The molecule has 0 unspecified atom stereocenters. The monoisotopic (exact) mass is 313 g/mol. The van der Waals surface area contributed by atoms with Gasteiger partial charge in [-0.3, -0.25) is 4.79 Å². The average molecular weight is 313 g/mol. The third-order valence-corrected chi connectivity index (χ3v) is 5.60. The van der Waals surface area contributed by atoms with E-state index in [4.69, 9.17) is 5.11 Å². The van der Waals surface area contributed by atoms with Gasteiger partial charge in [0.05, 0.1) is 21.9 Å². The highest BCUT2D eigenvalue weighted by Gasteiger charge is 2.25. The number of nitrogens with one attached hydrogen (secondary N) is 1. The predicted octanol–water partition coefficient (Wildman–Crippen LogP) is 0.399. The van der Waals surface area contributed by atoms with Crippen LogP contribution in [0.2, 0.25) is 0 Å². The summed E-state index contributed by atoms with van der Waals surface area (Å²) >= 11 is 1.34. The first-order valence-corrected chi connectivity index (χ1v) is 8.90. The van der Waals surface area contributed by atoms with Crippen LogP contribution in [0.1, 0.15) is 28.1 Å². The molecule has 7 heteroatoms. The summed E-state index contributed by atoms with van der Waals surface area (Å²) in [6.45, 7) is -0.212. The molecule has 0 spiro atoms. The summed E-state index contributed by atoms with van der Waals surface area (Å²) in [5.41, 5.74) is 0.519. The van der Waals surface area contributed by atoms with Crippen LogP contribution in [0.5, 0.6) is 0 Å². The predicted molar refractivity (Wildman–Crippen MR) is 77.4 cm³/mol. The molecule has 0 aromatic carbocycles. The maximum atomic E-state index is 12.0. The molecule has 1 amide bonds. The van der Waals surface area contributed by atoms with Crippen molar-refractivity contribution in [3.63, 3.8) is 0 Å². The summed E-state index contributed by atoms with van der Waals surface area (Å²) in [6.07, 6.45) is 0.935. The Labute approximate surface area is 121 Å². The van der Waals surface area contributed by atoms with Crippen LogP contribution in [0.25, 0.3) is 0 Å².